The summed E-state index contributed by atoms with van der Waals surface area (Å²) in [6.07, 6.45) is 0.346. The maximum atomic E-state index is 11.3. The van der Waals surface area contributed by atoms with Crippen LogP contribution in [0.1, 0.15) is 25.8 Å². The molecule has 0 heterocycles. The second-order valence-electron chi connectivity index (χ2n) is 5.09. The van der Waals surface area contributed by atoms with Crippen LogP contribution in [-0.2, 0) is 4.79 Å². The Kier molecular flexibility index (Phi) is 6.10. The second-order valence-corrected chi connectivity index (χ2v) is 5.09. The van der Waals surface area contributed by atoms with E-state index in [1.807, 2.05) is 13.8 Å². The van der Waals surface area contributed by atoms with Gasteiger partial charge in [-0.2, -0.15) is 0 Å². The van der Waals surface area contributed by atoms with Crippen LogP contribution in [0.2, 0.25) is 0 Å². The Morgan fingerprint density at radius 1 is 1.48 bits per heavy atom. The summed E-state index contributed by atoms with van der Waals surface area (Å²) in [5, 5.41) is 14.0. The van der Waals surface area contributed by atoms with Crippen molar-refractivity contribution in [3.05, 3.63) is 33.9 Å². The van der Waals surface area contributed by atoms with Crippen LogP contribution in [0, 0.1) is 17.0 Å². The Morgan fingerprint density at radius 2 is 2.14 bits per heavy atom. The fraction of sp³-hybridized carbons (Fsp3) is 0.500. The van der Waals surface area contributed by atoms with E-state index in [1.165, 1.54) is 6.07 Å². The van der Waals surface area contributed by atoms with Gasteiger partial charge in [0.15, 0.2) is 5.75 Å². The van der Waals surface area contributed by atoms with Gasteiger partial charge in [-0.3, -0.25) is 14.9 Å². The number of nitrogens with zero attached hydrogens (tertiary/aromatic N) is 1. The summed E-state index contributed by atoms with van der Waals surface area (Å²) >= 11 is 0. The first-order chi connectivity index (χ1) is 9.82. The average Bonchev–Trinajstić information content (AvgIpc) is 2.38. The Morgan fingerprint density at radius 3 is 2.67 bits per heavy atom. The number of amides is 1. The molecule has 0 aliphatic carbocycles. The van der Waals surface area contributed by atoms with E-state index in [0.717, 1.165) is 0 Å². The Balaban J connectivity index is 2.71. The minimum absolute atomic E-state index is 0.0811. The lowest BCUT2D eigenvalue weighted by atomic mass is 10.1. The van der Waals surface area contributed by atoms with Crippen LogP contribution >= 0.6 is 0 Å². The van der Waals surface area contributed by atoms with Crippen molar-refractivity contribution in [1.29, 1.82) is 0 Å². The van der Waals surface area contributed by atoms with Gasteiger partial charge in [0, 0.05) is 18.5 Å². The minimum Gasteiger partial charge on any atom is -0.487 e. The summed E-state index contributed by atoms with van der Waals surface area (Å²) in [4.78, 5) is 21.8. The molecule has 0 saturated heterocycles. The lowest BCUT2D eigenvalue weighted by Gasteiger charge is -2.18. The largest absolute Gasteiger partial charge is 0.487 e. The van der Waals surface area contributed by atoms with Gasteiger partial charge in [0.25, 0.3) is 0 Å². The van der Waals surface area contributed by atoms with Crippen molar-refractivity contribution in [2.75, 3.05) is 6.61 Å². The van der Waals surface area contributed by atoms with Crippen LogP contribution < -0.4 is 15.8 Å². The van der Waals surface area contributed by atoms with E-state index in [2.05, 4.69) is 5.32 Å². The molecule has 7 nitrogen and oxygen atoms in total. The molecule has 0 aromatic heterocycles. The molecule has 21 heavy (non-hydrogen) atoms. The topological polar surface area (TPSA) is 107 Å². The Hall–Kier alpha value is -2.15. The van der Waals surface area contributed by atoms with Gasteiger partial charge in [0.2, 0.25) is 5.91 Å². The fourth-order valence-corrected chi connectivity index (χ4v) is 1.96. The molecule has 0 saturated carbocycles. The molecule has 116 valence electrons. The van der Waals surface area contributed by atoms with Crippen molar-refractivity contribution >= 4 is 11.6 Å². The third-order valence-electron chi connectivity index (χ3n) is 2.92. The summed E-state index contributed by atoms with van der Waals surface area (Å²) < 4.78 is 5.50. The number of primary amides is 1. The van der Waals surface area contributed by atoms with Gasteiger partial charge >= 0.3 is 5.69 Å². The first kappa shape index (κ1) is 16.9. The van der Waals surface area contributed by atoms with E-state index in [4.69, 9.17) is 10.5 Å². The third-order valence-corrected chi connectivity index (χ3v) is 2.92. The van der Waals surface area contributed by atoms with E-state index in [9.17, 15) is 14.9 Å². The first-order valence-electron chi connectivity index (χ1n) is 6.75. The van der Waals surface area contributed by atoms with Crippen LogP contribution in [0.3, 0.4) is 0 Å². The number of nitrogens with two attached hydrogens (primary N) is 1. The number of carbonyl (C=O) groups is 1. The van der Waals surface area contributed by atoms with Gasteiger partial charge in [-0.1, -0.05) is 26.0 Å². The number of rotatable bonds is 8. The number of nitro benzene ring substituents is 1. The molecule has 7 heteroatoms. The molecule has 0 bridgehead atoms. The monoisotopic (exact) mass is 295 g/mol. The normalized spacial score (nSPS) is 12.2. The van der Waals surface area contributed by atoms with Gasteiger partial charge in [0.05, 0.1) is 17.6 Å². The highest BCUT2D eigenvalue weighted by atomic mass is 16.6. The van der Waals surface area contributed by atoms with Gasteiger partial charge in [0.1, 0.15) is 0 Å². The summed E-state index contributed by atoms with van der Waals surface area (Å²) in [6.45, 7) is 5.71. The summed E-state index contributed by atoms with van der Waals surface area (Å²) in [5.74, 6) is -0.234. The molecule has 0 spiro atoms. The molecule has 1 unspecified atom stereocenters. The molecular weight excluding hydrogens is 274 g/mol. The molecule has 0 radical (unpaired) electrons. The van der Waals surface area contributed by atoms with Crippen molar-refractivity contribution in [2.45, 2.75) is 39.3 Å². The van der Waals surface area contributed by atoms with Crippen LogP contribution in [-0.4, -0.2) is 29.5 Å². The quantitative estimate of drug-likeness (QED) is 0.558. The molecule has 3 N–H and O–H groups in total. The first-order valence-corrected chi connectivity index (χ1v) is 6.75. The number of hydrogen-bond acceptors (Lipinski definition) is 5. The van der Waals surface area contributed by atoms with Crippen molar-refractivity contribution in [2.24, 2.45) is 5.73 Å². The molecule has 1 amide bonds. The molecule has 1 aromatic rings. The van der Waals surface area contributed by atoms with Gasteiger partial charge in [-0.15, -0.1) is 0 Å². The number of nitrogens with one attached hydrogen (secondary N) is 1. The number of nitro groups is 1. The fourth-order valence-electron chi connectivity index (χ4n) is 1.96. The smallest absolute Gasteiger partial charge is 0.311 e. The number of benzene rings is 1. The summed E-state index contributed by atoms with van der Waals surface area (Å²) in [7, 11) is 0. The van der Waals surface area contributed by atoms with E-state index in [0.29, 0.717) is 12.0 Å². The predicted molar refractivity (Wildman–Crippen MR) is 79.2 cm³/mol. The van der Waals surface area contributed by atoms with E-state index in [-0.39, 0.29) is 24.1 Å². The second kappa shape index (κ2) is 7.58. The number of ether oxygens (including phenoxy) is 1. The number of carbonyl (C=O) groups excluding carboxylic acids is 1. The molecule has 1 atom stereocenters. The maximum Gasteiger partial charge on any atom is 0.311 e. The zero-order valence-electron chi connectivity index (χ0n) is 12.5. The highest BCUT2D eigenvalue weighted by molar-refractivity contribution is 5.79. The van der Waals surface area contributed by atoms with Crippen LogP contribution in [0.5, 0.6) is 5.75 Å². The molecule has 0 fully saturated rings. The zero-order chi connectivity index (χ0) is 16.0. The molecule has 1 aromatic carbocycles. The third kappa shape index (κ3) is 5.03. The van der Waals surface area contributed by atoms with Crippen LogP contribution in [0.4, 0.5) is 5.69 Å². The van der Waals surface area contributed by atoms with Crippen molar-refractivity contribution < 1.29 is 14.5 Å². The SMILES string of the molecule is Cc1cccc([N+](=O)[O-])c1OCCC(NC(C)C)C(N)=O. The standard InChI is InChI=1S/C14H21N3O4/c1-9(2)16-11(14(15)18)7-8-21-13-10(3)5-4-6-12(13)17(19)20/h4-6,9,11,16H,7-8H2,1-3H3,(H2,15,18). The highest BCUT2D eigenvalue weighted by Gasteiger charge is 2.19. The minimum atomic E-state index is -0.520. The Bertz CT molecular complexity index is 517. The molecule has 0 aliphatic heterocycles. The maximum absolute atomic E-state index is 11.3. The van der Waals surface area contributed by atoms with Crippen LogP contribution in [0.15, 0.2) is 18.2 Å². The highest BCUT2D eigenvalue weighted by Crippen LogP contribution is 2.30. The van der Waals surface area contributed by atoms with Crippen molar-refractivity contribution in [3.63, 3.8) is 0 Å². The average molecular weight is 295 g/mol. The van der Waals surface area contributed by atoms with Crippen molar-refractivity contribution in [1.82, 2.24) is 5.32 Å². The predicted octanol–water partition coefficient (Wildman–Crippen LogP) is 1.52. The van der Waals surface area contributed by atoms with Gasteiger partial charge in [-0.05, 0) is 12.5 Å². The van der Waals surface area contributed by atoms with Crippen LogP contribution in [0.25, 0.3) is 0 Å². The van der Waals surface area contributed by atoms with E-state index < -0.39 is 16.9 Å². The van der Waals surface area contributed by atoms with Gasteiger partial charge < -0.3 is 15.8 Å². The van der Waals surface area contributed by atoms with E-state index >= 15 is 0 Å². The Labute approximate surface area is 123 Å². The molecule has 0 aliphatic rings. The van der Waals surface area contributed by atoms with E-state index in [1.54, 1.807) is 19.1 Å². The summed E-state index contributed by atoms with van der Waals surface area (Å²) in [6, 6.07) is 4.32. The lowest BCUT2D eigenvalue weighted by Crippen LogP contribution is -2.45. The molecule has 1 rings (SSSR count). The number of hydrogen-bond donors (Lipinski definition) is 2. The molecular formula is C14H21N3O4. The lowest BCUT2D eigenvalue weighted by molar-refractivity contribution is -0.385. The number of para-hydroxylation sites is 1. The number of aryl methyl sites for hydroxylation is 1. The van der Waals surface area contributed by atoms with Gasteiger partial charge in [-0.25, -0.2) is 0 Å². The zero-order valence-corrected chi connectivity index (χ0v) is 12.5. The van der Waals surface area contributed by atoms with Crippen molar-refractivity contribution in [3.8, 4) is 5.75 Å². The summed E-state index contributed by atoms with van der Waals surface area (Å²) in [5.41, 5.74) is 5.90.